The van der Waals surface area contributed by atoms with Gasteiger partial charge in [-0.25, -0.2) is 0 Å². The fourth-order valence-corrected chi connectivity index (χ4v) is 3.45. The Balaban J connectivity index is 1.72. The molecular weight excluding hydrogens is 403 g/mol. The minimum absolute atomic E-state index is 0.0962. The molecule has 3 aromatic rings. The van der Waals surface area contributed by atoms with Crippen LogP contribution in [0.5, 0.6) is 0 Å². The number of rotatable bonds is 7. The molecule has 3 rings (SSSR count). The molecule has 152 valence electrons. The molecule has 1 amide bonds. The van der Waals surface area contributed by atoms with E-state index < -0.39 is 17.6 Å². The van der Waals surface area contributed by atoms with E-state index in [0.29, 0.717) is 17.5 Å². The maximum Gasteiger partial charge on any atom is 0.418 e. The van der Waals surface area contributed by atoms with Gasteiger partial charge in [0.1, 0.15) is 0 Å². The number of para-hydroxylation sites is 1. The second-order valence-electron chi connectivity index (χ2n) is 6.08. The number of alkyl halides is 3. The molecule has 0 radical (unpaired) electrons. The highest BCUT2D eigenvalue weighted by atomic mass is 32.2. The molecule has 29 heavy (non-hydrogen) atoms. The molecule has 1 aromatic carbocycles. The van der Waals surface area contributed by atoms with Gasteiger partial charge < -0.3 is 9.88 Å². The monoisotopic (exact) mass is 421 g/mol. The van der Waals surface area contributed by atoms with Crippen LogP contribution in [0.1, 0.15) is 18.9 Å². The Bertz CT molecular complexity index is 975. The predicted molar refractivity (Wildman–Crippen MR) is 104 cm³/mol. The van der Waals surface area contributed by atoms with Crippen molar-refractivity contribution < 1.29 is 18.0 Å². The number of carbonyl (C=O) groups excluding carboxylic acids is 1. The summed E-state index contributed by atoms with van der Waals surface area (Å²) in [5, 5.41) is 11.2. The lowest BCUT2D eigenvalue weighted by molar-refractivity contribution is -0.137. The number of thioether (sulfide) groups is 1. The molecule has 0 atom stereocenters. The van der Waals surface area contributed by atoms with Crippen molar-refractivity contribution in [3.05, 3.63) is 54.4 Å². The Labute approximate surface area is 169 Å². The fraction of sp³-hybridized carbons (Fsp3) is 0.263. The Morgan fingerprint density at radius 1 is 1.17 bits per heavy atom. The molecule has 0 aliphatic rings. The van der Waals surface area contributed by atoms with E-state index in [1.165, 1.54) is 18.2 Å². The van der Waals surface area contributed by atoms with Gasteiger partial charge in [0.25, 0.3) is 0 Å². The van der Waals surface area contributed by atoms with Crippen LogP contribution in [-0.4, -0.2) is 31.4 Å². The highest BCUT2D eigenvalue weighted by molar-refractivity contribution is 7.99. The standard InChI is InChI=1S/C19H18F3N5OS/c1-2-10-27-17(13-6-5-9-23-11-13)25-26-18(27)29-12-16(28)24-15-8-4-3-7-14(15)19(20,21)22/h3-9,11H,2,10,12H2,1H3,(H,24,28). The van der Waals surface area contributed by atoms with Gasteiger partial charge in [0.05, 0.1) is 17.0 Å². The van der Waals surface area contributed by atoms with E-state index in [4.69, 9.17) is 0 Å². The van der Waals surface area contributed by atoms with Crippen LogP contribution in [0.3, 0.4) is 0 Å². The smallest absolute Gasteiger partial charge is 0.325 e. The van der Waals surface area contributed by atoms with Gasteiger partial charge >= 0.3 is 6.18 Å². The minimum atomic E-state index is -4.54. The van der Waals surface area contributed by atoms with Crippen molar-refractivity contribution in [2.45, 2.75) is 31.2 Å². The number of halogens is 3. The zero-order valence-corrected chi connectivity index (χ0v) is 16.3. The highest BCUT2D eigenvalue weighted by Crippen LogP contribution is 2.34. The summed E-state index contributed by atoms with van der Waals surface area (Å²) in [6.07, 6.45) is -0.394. The van der Waals surface area contributed by atoms with Crippen LogP contribution in [-0.2, 0) is 17.5 Å². The third kappa shape index (κ3) is 5.14. The van der Waals surface area contributed by atoms with Crippen molar-refractivity contribution in [3.63, 3.8) is 0 Å². The van der Waals surface area contributed by atoms with Gasteiger partial charge in [0.2, 0.25) is 5.91 Å². The summed E-state index contributed by atoms with van der Waals surface area (Å²) >= 11 is 1.12. The van der Waals surface area contributed by atoms with Crippen LogP contribution in [0.4, 0.5) is 18.9 Å². The van der Waals surface area contributed by atoms with Crippen molar-refractivity contribution in [1.29, 1.82) is 0 Å². The minimum Gasteiger partial charge on any atom is -0.325 e. The number of benzene rings is 1. The van der Waals surface area contributed by atoms with E-state index >= 15 is 0 Å². The number of anilines is 1. The number of aromatic nitrogens is 4. The lowest BCUT2D eigenvalue weighted by atomic mass is 10.1. The Kier molecular flexibility index (Phi) is 6.53. The topological polar surface area (TPSA) is 72.7 Å². The summed E-state index contributed by atoms with van der Waals surface area (Å²) in [5.74, 6) is -0.0212. The van der Waals surface area contributed by atoms with E-state index in [9.17, 15) is 18.0 Å². The van der Waals surface area contributed by atoms with Gasteiger partial charge in [-0.05, 0) is 30.7 Å². The molecule has 0 saturated heterocycles. The highest BCUT2D eigenvalue weighted by Gasteiger charge is 2.33. The number of hydrogen-bond donors (Lipinski definition) is 1. The van der Waals surface area contributed by atoms with Gasteiger partial charge in [-0.1, -0.05) is 30.8 Å². The predicted octanol–water partition coefficient (Wildman–Crippen LogP) is 4.50. The van der Waals surface area contributed by atoms with Crippen LogP contribution < -0.4 is 5.32 Å². The lowest BCUT2D eigenvalue weighted by Crippen LogP contribution is -2.18. The molecule has 1 N–H and O–H groups in total. The first kappa shape index (κ1) is 20.8. The molecule has 10 heteroatoms. The quantitative estimate of drug-likeness (QED) is 0.569. The van der Waals surface area contributed by atoms with E-state index in [1.54, 1.807) is 18.5 Å². The van der Waals surface area contributed by atoms with Gasteiger partial charge in [-0.2, -0.15) is 13.2 Å². The summed E-state index contributed by atoms with van der Waals surface area (Å²) in [5.41, 5.74) is -0.355. The van der Waals surface area contributed by atoms with E-state index in [1.807, 2.05) is 17.6 Å². The Morgan fingerprint density at radius 3 is 2.66 bits per heavy atom. The summed E-state index contributed by atoms with van der Waals surface area (Å²) in [6.45, 7) is 2.64. The van der Waals surface area contributed by atoms with Crippen LogP contribution >= 0.6 is 11.8 Å². The molecule has 0 aliphatic heterocycles. The van der Waals surface area contributed by atoms with Crippen molar-refractivity contribution in [1.82, 2.24) is 19.7 Å². The molecule has 0 aliphatic carbocycles. The van der Waals surface area contributed by atoms with Crippen molar-refractivity contribution in [3.8, 4) is 11.4 Å². The molecule has 0 fully saturated rings. The van der Waals surface area contributed by atoms with E-state index in [2.05, 4.69) is 20.5 Å². The van der Waals surface area contributed by atoms with Gasteiger partial charge in [0.15, 0.2) is 11.0 Å². The first-order valence-electron chi connectivity index (χ1n) is 8.82. The maximum absolute atomic E-state index is 13.1. The number of amides is 1. The summed E-state index contributed by atoms with van der Waals surface area (Å²) in [6, 6.07) is 8.53. The summed E-state index contributed by atoms with van der Waals surface area (Å²) in [7, 11) is 0. The number of hydrogen-bond acceptors (Lipinski definition) is 5. The van der Waals surface area contributed by atoms with Crippen LogP contribution in [0, 0.1) is 0 Å². The largest absolute Gasteiger partial charge is 0.418 e. The number of nitrogens with one attached hydrogen (secondary N) is 1. The molecule has 0 unspecified atom stereocenters. The first-order chi connectivity index (χ1) is 13.9. The second kappa shape index (κ2) is 9.08. The van der Waals surface area contributed by atoms with Gasteiger partial charge in [0, 0.05) is 24.5 Å². The number of pyridine rings is 1. The molecule has 2 heterocycles. The van der Waals surface area contributed by atoms with Crippen molar-refractivity contribution in [2.24, 2.45) is 0 Å². The third-order valence-corrected chi connectivity index (χ3v) is 4.89. The van der Waals surface area contributed by atoms with Gasteiger partial charge in [-0.3, -0.25) is 9.78 Å². The molecule has 0 saturated carbocycles. The fourth-order valence-electron chi connectivity index (χ4n) is 2.68. The van der Waals surface area contributed by atoms with Crippen LogP contribution in [0.2, 0.25) is 0 Å². The van der Waals surface area contributed by atoms with Crippen molar-refractivity contribution >= 4 is 23.4 Å². The van der Waals surface area contributed by atoms with Crippen molar-refractivity contribution in [2.75, 3.05) is 11.1 Å². The second-order valence-corrected chi connectivity index (χ2v) is 7.02. The maximum atomic E-state index is 13.1. The van der Waals surface area contributed by atoms with E-state index in [0.717, 1.165) is 29.8 Å². The first-order valence-corrected chi connectivity index (χ1v) is 9.81. The molecule has 6 nitrogen and oxygen atoms in total. The molecular formula is C19H18F3N5OS. The Hall–Kier alpha value is -2.88. The molecule has 0 bridgehead atoms. The number of carbonyl (C=O) groups is 1. The molecule has 2 aromatic heterocycles. The van der Waals surface area contributed by atoms with Crippen LogP contribution in [0.25, 0.3) is 11.4 Å². The number of nitrogens with zero attached hydrogens (tertiary/aromatic N) is 4. The van der Waals surface area contributed by atoms with Gasteiger partial charge in [-0.15, -0.1) is 10.2 Å². The third-order valence-electron chi connectivity index (χ3n) is 3.92. The normalized spacial score (nSPS) is 11.4. The SMILES string of the molecule is CCCn1c(SCC(=O)Nc2ccccc2C(F)(F)F)nnc1-c1cccnc1. The molecule has 0 spiro atoms. The lowest BCUT2D eigenvalue weighted by Gasteiger charge is -2.13. The van der Waals surface area contributed by atoms with E-state index in [-0.39, 0.29) is 11.4 Å². The van der Waals surface area contributed by atoms with Crippen LogP contribution in [0.15, 0.2) is 53.9 Å². The zero-order chi connectivity index (χ0) is 20.9. The summed E-state index contributed by atoms with van der Waals surface area (Å²) < 4.78 is 41.1. The average Bonchev–Trinajstić information content (AvgIpc) is 3.10. The zero-order valence-electron chi connectivity index (χ0n) is 15.5. The Morgan fingerprint density at radius 2 is 1.97 bits per heavy atom. The summed E-state index contributed by atoms with van der Waals surface area (Å²) in [4.78, 5) is 16.3. The average molecular weight is 421 g/mol.